The highest BCUT2D eigenvalue weighted by molar-refractivity contribution is 7.89. The molecule has 0 aromatic heterocycles. The first-order valence-corrected chi connectivity index (χ1v) is 8.37. The fourth-order valence-corrected chi connectivity index (χ4v) is 3.14. The summed E-state index contributed by atoms with van der Waals surface area (Å²) >= 11 is 0. The zero-order valence-corrected chi connectivity index (χ0v) is 11.9. The van der Waals surface area contributed by atoms with Crippen LogP contribution in [0.25, 0.3) is 0 Å². The van der Waals surface area contributed by atoms with Crippen LogP contribution < -0.4 is 10.0 Å². The minimum absolute atomic E-state index is 0.262. The van der Waals surface area contributed by atoms with Crippen molar-refractivity contribution in [2.75, 3.05) is 25.4 Å². The van der Waals surface area contributed by atoms with Gasteiger partial charge in [0, 0.05) is 6.54 Å². The number of sulfonamides is 1. The van der Waals surface area contributed by atoms with E-state index in [0.717, 1.165) is 32.4 Å². The maximum absolute atomic E-state index is 11.7. The lowest BCUT2D eigenvalue weighted by Gasteiger charge is -2.13. The van der Waals surface area contributed by atoms with Gasteiger partial charge in [-0.15, -0.1) is 0 Å². The molecule has 0 aliphatic heterocycles. The van der Waals surface area contributed by atoms with Crippen molar-refractivity contribution in [1.29, 1.82) is 0 Å². The molecule has 0 bridgehead atoms. The number of unbranched alkanes of at least 4 members (excludes halogenated alkanes) is 1. The minimum Gasteiger partial charge on any atom is -0.317 e. The monoisotopic (exact) mass is 262 g/mol. The summed E-state index contributed by atoms with van der Waals surface area (Å²) in [5, 5.41) is 3.19. The molecule has 4 nitrogen and oxygen atoms in total. The molecular weight excluding hydrogens is 236 g/mol. The van der Waals surface area contributed by atoms with Gasteiger partial charge in [0.15, 0.2) is 0 Å². The number of hydrogen-bond donors (Lipinski definition) is 2. The Bertz CT molecular complexity index is 310. The SMILES string of the molecule is CCNCCCCS(=O)(=O)NCC1(CC)CC1. The third-order valence-electron chi connectivity index (χ3n) is 3.64. The predicted octanol–water partition coefficient (Wildman–Crippen LogP) is 1.49. The van der Waals surface area contributed by atoms with E-state index in [4.69, 9.17) is 0 Å². The van der Waals surface area contributed by atoms with E-state index in [2.05, 4.69) is 23.9 Å². The molecule has 1 rings (SSSR count). The molecule has 1 saturated carbocycles. The van der Waals surface area contributed by atoms with E-state index in [1.165, 1.54) is 12.8 Å². The van der Waals surface area contributed by atoms with Gasteiger partial charge < -0.3 is 5.32 Å². The van der Waals surface area contributed by atoms with E-state index in [1.807, 2.05) is 0 Å². The summed E-state index contributed by atoms with van der Waals surface area (Å²) < 4.78 is 26.2. The van der Waals surface area contributed by atoms with Crippen LogP contribution in [0, 0.1) is 5.41 Å². The van der Waals surface area contributed by atoms with Crippen molar-refractivity contribution in [2.24, 2.45) is 5.41 Å². The van der Waals surface area contributed by atoms with Crippen LogP contribution in [0.4, 0.5) is 0 Å². The van der Waals surface area contributed by atoms with Gasteiger partial charge in [-0.2, -0.15) is 0 Å². The molecule has 1 aliphatic rings. The van der Waals surface area contributed by atoms with Crippen molar-refractivity contribution in [3.8, 4) is 0 Å². The average Bonchev–Trinajstić information content (AvgIpc) is 3.07. The Balaban J connectivity index is 2.13. The quantitative estimate of drug-likeness (QED) is 0.586. The van der Waals surface area contributed by atoms with Gasteiger partial charge in [0.25, 0.3) is 0 Å². The van der Waals surface area contributed by atoms with Gasteiger partial charge in [-0.25, -0.2) is 13.1 Å². The van der Waals surface area contributed by atoms with E-state index in [-0.39, 0.29) is 11.2 Å². The maximum Gasteiger partial charge on any atom is 0.211 e. The minimum atomic E-state index is -3.05. The molecule has 0 amide bonds. The fourth-order valence-electron chi connectivity index (χ4n) is 1.89. The highest BCUT2D eigenvalue weighted by Gasteiger charge is 2.40. The van der Waals surface area contributed by atoms with Gasteiger partial charge in [0.2, 0.25) is 10.0 Å². The molecule has 1 fully saturated rings. The molecule has 0 atom stereocenters. The van der Waals surface area contributed by atoms with Crippen molar-refractivity contribution in [2.45, 2.75) is 46.0 Å². The molecule has 0 aromatic rings. The summed E-state index contributed by atoms with van der Waals surface area (Å²) in [4.78, 5) is 0. The van der Waals surface area contributed by atoms with Crippen LogP contribution in [-0.4, -0.2) is 33.8 Å². The Morgan fingerprint density at radius 2 is 1.88 bits per heavy atom. The Morgan fingerprint density at radius 3 is 2.41 bits per heavy atom. The largest absolute Gasteiger partial charge is 0.317 e. The fraction of sp³-hybridized carbons (Fsp3) is 1.00. The summed E-state index contributed by atoms with van der Waals surface area (Å²) in [7, 11) is -3.05. The molecule has 0 saturated heterocycles. The van der Waals surface area contributed by atoms with Crippen LogP contribution in [-0.2, 0) is 10.0 Å². The van der Waals surface area contributed by atoms with E-state index >= 15 is 0 Å². The molecular formula is C12H26N2O2S. The van der Waals surface area contributed by atoms with E-state index in [9.17, 15) is 8.42 Å². The standard InChI is InChI=1S/C12H26N2O2S/c1-3-12(7-8-12)11-14-17(15,16)10-6-5-9-13-4-2/h13-14H,3-11H2,1-2H3. The molecule has 102 valence electrons. The van der Waals surface area contributed by atoms with Gasteiger partial charge in [-0.05, 0) is 50.6 Å². The van der Waals surface area contributed by atoms with Gasteiger partial charge >= 0.3 is 0 Å². The summed E-state index contributed by atoms with van der Waals surface area (Å²) in [5.41, 5.74) is 0.289. The zero-order valence-electron chi connectivity index (χ0n) is 11.1. The van der Waals surface area contributed by atoms with Gasteiger partial charge in [0.05, 0.1) is 5.75 Å². The van der Waals surface area contributed by atoms with Gasteiger partial charge in [-0.3, -0.25) is 0 Å². The van der Waals surface area contributed by atoms with Crippen molar-refractivity contribution >= 4 is 10.0 Å². The predicted molar refractivity (Wildman–Crippen MR) is 71.5 cm³/mol. The molecule has 0 unspecified atom stereocenters. The van der Waals surface area contributed by atoms with Gasteiger partial charge in [0.1, 0.15) is 0 Å². The highest BCUT2D eigenvalue weighted by atomic mass is 32.2. The maximum atomic E-state index is 11.7. The molecule has 1 aliphatic carbocycles. The van der Waals surface area contributed by atoms with Crippen LogP contribution >= 0.6 is 0 Å². The van der Waals surface area contributed by atoms with Crippen molar-refractivity contribution in [1.82, 2.24) is 10.0 Å². The first kappa shape index (κ1) is 14.9. The Labute approximate surface area is 106 Å². The lowest BCUT2D eigenvalue weighted by Crippen LogP contribution is -2.32. The number of nitrogens with one attached hydrogen (secondary N) is 2. The van der Waals surface area contributed by atoms with Crippen LogP contribution in [0.3, 0.4) is 0 Å². The topological polar surface area (TPSA) is 58.2 Å². The molecule has 0 radical (unpaired) electrons. The second-order valence-corrected chi connectivity index (χ2v) is 6.98. The normalized spacial score (nSPS) is 18.2. The second kappa shape index (κ2) is 6.71. The number of hydrogen-bond acceptors (Lipinski definition) is 3. The summed E-state index contributed by atoms with van der Waals surface area (Å²) in [6.45, 7) is 6.68. The highest BCUT2D eigenvalue weighted by Crippen LogP contribution is 2.47. The molecule has 5 heteroatoms. The van der Waals surface area contributed by atoms with Crippen molar-refractivity contribution < 1.29 is 8.42 Å². The Hall–Kier alpha value is -0.130. The molecule has 0 heterocycles. The van der Waals surface area contributed by atoms with Crippen LogP contribution in [0.15, 0.2) is 0 Å². The average molecular weight is 262 g/mol. The third-order valence-corrected chi connectivity index (χ3v) is 5.05. The summed E-state index contributed by atoms with van der Waals surface area (Å²) in [6.07, 6.45) is 5.09. The van der Waals surface area contributed by atoms with Crippen LogP contribution in [0.2, 0.25) is 0 Å². The first-order valence-electron chi connectivity index (χ1n) is 6.72. The molecule has 0 spiro atoms. The van der Waals surface area contributed by atoms with E-state index in [0.29, 0.717) is 6.54 Å². The summed E-state index contributed by atoms with van der Waals surface area (Å²) in [6, 6.07) is 0. The summed E-state index contributed by atoms with van der Waals surface area (Å²) in [5.74, 6) is 0.262. The van der Waals surface area contributed by atoms with Gasteiger partial charge in [-0.1, -0.05) is 13.8 Å². The van der Waals surface area contributed by atoms with E-state index in [1.54, 1.807) is 0 Å². The van der Waals surface area contributed by atoms with Crippen molar-refractivity contribution in [3.63, 3.8) is 0 Å². The lowest BCUT2D eigenvalue weighted by atomic mass is 10.1. The second-order valence-electron chi connectivity index (χ2n) is 5.05. The molecule has 17 heavy (non-hydrogen) atoms. The van der Waals surface area contributed by atoms with Crippen LogP contribution in [0.5, 0.6) is 0 Å². The van der Waals surface area contributed by atoms with Crippen LogP contribution in [0.1, 0.15) is 46.0 Å². The Morgan fingerprint density at radius 1 is 1.18 bits per heavy atom. The van der Waals surface area contributed by atoms with Crippen molar-refractivity contribution in [3.05, 3.63) is 0 Å². The Kier molecular flexibility index (Phi) is 5.89. The molecule has 2 N–H and O–H groups in total. The van der Waals surface area contributed by atoms with E-state index < -0.39 is 10.0 Å². The molecule has 0 aromatic carbocycles. The first-order chi connectivity index (χ1) is 8.04. The third kappa shape index (κ3) is 5.84. The number of rotatable bonds is 10. The lowest BCUT2D eigenvalue weighted by molar-refractivity contribution is 0.475. The zero-order chi connectivity index (χ0) is 12.8. The smallest absolute Gasteiger partial charge is 0.211 e.